The highest BCUT2D eigenvalue weighted by Gasteiger charge is 2.21. The van der Waals surface area contributed by atoms with E-state index in [9.17, 15) is 9.59 Å². The van der Waals surface area contributed by atoms with Crippen molar-refractivity contribution in [1.29, 1.82) is 0 Å². The Bertz CT molecular complexity index is 1010. The average molecular weight is 378 g/mol. The summed E-state index contributed by atoms with van der Waals surface area (Å²) in [6.07, 6.45) is 3.19. The second kappa shape index (κ2) is 7.80. The van der Waals surface area contributed by atoms with Crippen LogP contribution in [0.3, 0.4) is 0 Å². The number of carbonyl (C=O) groups excluding carboxylic acids is 2. The van der Waals surface area contributed by atoms with Crippen molar-refractivity contribution < 1.29 is 14.1 Å². The number of rotatable bonds is 4. The van der Waals surface area contributed by atoms with E-state index in [1.807, 2.05) is 35.2 Å². The van der Waals surface area contributed by atoms with E-state index in [0.29, 0.717) is 28.1 Å². The third kappa shape index (κ3) is 3.60. The van der Waals surface area contributed by atoms with Gasteiger partial charge in [0, 0.05) is 18.7 Å². The van der Waals surface area contributed by atoms with Gasteiger partial charge in [-0.1, -0.05) is 35.5 Å². The van der Waals surface area contributed by atoms with Gasteiger partial charge in [0.2, 0.25) is 5.91 Å². The third-order valence-electron chi connectivity index (χ3n) is 5.04. The van der Waals surface area contributed by atoms with Gasteiger partial charge in [-0.2, -0.15) is 0 Å². The zero-order chi connectivity index (χ0) is 19.5. The van der Waals surface area contributed by atoms with E-state index in [1.165, 1.54) is 0 Å². The molecule has 0 bridgehead atoms. The monoisotopic (exact) mass is 378 g/mol. The number of likely N-dealkylation sites (tertiary alicyclic amines) is 1. The predicted molar refractivity (Wildman–Crippen MR) is 105 cm³/mol. The van der Waals surface area contributed by atoms with Crippen LogP contribution in [-0.4, -0.2) is 46.5 Å². The number of pyridine rings is 1. The van der Waals surface area contributed by atoms with Crippen molar-refractivity contribution in [2.45, 2.75) is 26.2 Å². The van der Waals surface area contributed by atoms with Crippen molar-refractivity contribution >= 4 is 22.9 Å². The van der Waals surface area contributed by atoms with E-state index in [1.54, 1.807) is 13.0 Å². The maximum atomic E-state index is 12.9. The van der Waals surface area contributed by atoms with E-state index < -0.39 is 0 Å². The fourth-order valence-electron chi connectivity index (χ4n) is 3.54. The number of aryl methyl sites for hydroxylation is 1. The average Bonchev–Trinajstić information content (AvgIpc) is 3.13. The van der Waals surface area contributed by atoms with Gasteiger partial charge < -0.3 is 14.7 Å². The zero-order valence-electron chi connectivity index (χ0n) is 15.8. The first kappa shape index (κ1) is 18.2. The molecule has 1 saturated heterocycles. The molecule has 1 aliphatic rings. The van der Waals surface area contributed by atoms with Crippen LogP contribution >= 0.6 is 0 Å². The van der Waals surface area contributed by atoms with E-state index in [4.69, 9.17) is 4.52 Å². The molecule has 1 aromatic carbocycles. The number of nitrogens with one attached hydrogen (secondary N) is 1. The second-order valence-corrected chi connectivity index (χ2v) is 6.99. The molecule has 1 fully saturated rings. The molecule has 0 saturated carbocycles. The van der Waals surface area contributed by atoms with E-state index in [-0.39, 0.29) is 18.4 Å². The number of nitrogens with zero attached hydrogens (tertiary/aromatic N) is 3. The summed E-state index contributed by atoms with van der Waals surface area (Å²) in [5, 5.41) is 7.28. The molecule has 0 atom stereocenters. The molecule has 0 radical (unpaired) electrons. The number of hydrogen-bond donors (Lipinski definition) is 1. The third-order valence-corrected chi connectivity index (χ3v) is 5.04. The van der Waals surface area contributed by atoms with Crippen LogP contribution in [-0.2, 0) is 4.79 Å². The smallest absolute Gasteiger partial charge is 0.259 e. The Kier molecular flexibility index (Phi) is 5.06. The van der Waals surface area contributed by atoms with Gasteiger partial charge in [-0.3, -0.25) is 9.59 Å². The molecule has 2 amide bonds. The highest BCUT2D eigenvalue weighted by molar-refractivity contribution is 6.07. The maximum Gasteiger partial charge on any atom is 0.259 e. The molecule has 144 valence electrons. The van der Waals surface area contributed by atoms with Crippen LogP contribution in [0.5, 0.6) is 0 Å². The number of benzene rings is 1. The molecular weight excluding hydrogens is 356 g/mol. The van der Waals surface area contributed by atoms with Crippen LogP contribution in [0.1, 0.15) is 35.3 Å². The highest BCUT2D eigenvalue weighted by Crippen LogP contribution is 2.26. The maximum absolute atomic E-state index is 12.9. The van der Waals surface area contributed by atoms with E-state index in [0.717, 1.165) is 37.9 Å². The Hall–Kier alpha value is -3.22. The summed E-state index contributed by atoms with van der Waals surface area (Å²) in [5.74, 6) is -0.384. The van der Waals surface area contributed by atoms with Gasteiger partial charge >= 0.3 is 0 Å². The fourth-order valence-corrected chi connectivity index (χ4v) is 3.54. The lowest BCUT2D eigenvalue weighted by molar-refractivity contribution is -0.130. The number of fused-ring (bicyclic) bond motifs is 1. The standard InChI is InChI=1S/C21H22N4O3/c1-14-19-16(20(27)22-13-18(26)25-10-6-3-7-11-25)12-17(23-21(19)28-24-14)15-8-4-2-5-9-15/h2,4-5,8-9,12H,3,6-7,10-11,13H2,1H3,(H,22,27). The van der Waals surface area contributed by atoms with Gasteiger partial charge in [0.25, 0.3) is 11.6 Å². The molecule has 3 aromatic rings. The molecule has 0 unspecified atom stereocenters. The summed E-state index contributed by atoms with van der Waals surface area (Å²) >= 11 is 0. The number of piperidine rings is 1. The highest BCUT2D eigenvalue weighted by atomic mass is 16.5. The number of carbonyl (C=O) groups is 2. The predicted octanol–water partition coefficient (Wildman–Crippen LogP) is 2.94. The van der Waals surface area contributed by atoms with E-state index in [2.05, 4.69) is 15.5 Å². The van der Waals surface area contributed by atoms with Crippen molar-refractivity contribution in [1.82, 2.24) is 20.4 Å². The van der Waals surface area contributed by atoms with Gasteiger partial charge in [-0.15, -0.1) is 0 Å². The first-order valence-electron chi connectivity index (χ1n) is 9.52. The van der Waals surface area contributed by atoms with Crippen molar-refractivity contribution in [2.75, 3.05) is 19.6 Å². The zero-order valence-corrected chi connectivity index (χ0v) is 15.8. The topological polar surface area (TPSA) is 88.3 Å². The lowest BCUT2D eigenvalue weighted by Gasteiger charge is -2.26. The lowest BCUT2D eigenvalue weighted by atomic mass is 10.1. The summed E-state index contributed by atoms with van der Waals surface area (Å²) in [6, 6.07) is 11.3. The first-order valence-corrected chi connectivity index (χ1v) is 9.52. The van der Waals surface area contributed by atoms with Crippen LogP contribution in [0, 0.1) is 6.92 Å². The normalized spacial score (nSPS) is 14.2. The summed E-state index contributed by atoms with van der Waals surface area (Å²) in [5.41, 5.74) is 2.81. The van der Waals surface area contributed by atoms with Crippen molar-refractivity contribution in [3.63, 3.8) is 0 Å². The molecule has 0 aliphatic carbocycles. The van der Waals surface area contributed by atoms with Gasteiger partial charge in [-0.05, 0) is 32.3 Å². The van der Waals surface area contributed by atoms with Crippen LogP contribution in [0.25, 0.3) is 22.4 Å². The van der Waals surface area contributed by atoms with Crippen molar-refractivity contribution in [2.24, 2.45) is 0 Å². The Morgan fingerprint density at radius 1 is 1.14 bits per heavy atom. The summed E-state index contributed by atoms with van der Waals surface area (Å²) in [4.78, 5) is 31.6. The number of aromatic nitrogens is 2. The fraction of sp³-hybridized carbons (Fsp3) is 0.333. The van der Waals surface area contributed by atoms with Crippen LogP contribution < -0.4 is 5.32 Å². The van der Waals surface area contributed by atoms with Gasteiger partial charge in [0.05, 0.1) is 28.9 Å². The summed E-state index contributed by atoms with van der Waals surface area (Å²) < 4.78 is 5.31. The van der Waals surface area contributed by atoms with Crippen LogP contribution in [0.15, 0.2) is 40.9 Å². The number of amides is 2. The minimum atomic E-state index is -0.332. The Morgan fingerprint density at radius 3 is 2.64 bits per heavy atom. The molecule has 1 aliphatic heterocycles. The van der Waals surface area contributed by atoms with Crippen LogP contribution in [0.4, 0.5) is 0 Å². The Morgan fingerprint density at radius 2 is 1.89 bits per heavy atom. The molecular formula is C21H22N4O3. The largest absolute Gasteiger partial charge is 0.343 e. The summed E-state index contributed by atoms with van der Waals surface area (Å²) in [6.45, 7) is 3.27. The molecule has 7 heteroatoms. The molecule has 4 rings (SSSR count). The summed E-state index contributed by atoms with van der Waals surface area (Å²) in [7, 11) is 0. The lowest BCUT2D eigenvalue weighted by Crippen LogP contribution is -2.42. The molecule has 1 N–H and O–H groups in total. The van der Waals surface area contributed by atoms with E-state index >= 15 is 0 Å². The Balaban J connectivity index is 1.60. The van der Waals surface area contributed by atoms with Crippen molar-refractivity contribution in [3.8, 4) is 11.3 Å². The Labute approximate surface area is 162 Å². The minimum Gasteiger partial charge on any atom is -0.343 e. The van der Waals surface area contributed by atoms with Gasteiger partial charge in [-0.25, -0.2) is 4.98 Å². The molecule has 28 heavy (non-hydrogen) atoms. The first-order chi connectivity index (χ1) is 13.6. The van der Waals surface area contributed by atoms with Crippen molar-refractivity contribution in [3.05, 3.63) is 47.7 Å². The quantitative estimate of drug-likeness (QED) is 0.754. The molecule has 2 aromatic heterocycles. The van der Waals surface area contributed by atoms with Gasteiger partial charge in [0.15, 0.2) is 0 Å². The van der Waals surface area contributed by atoms with Crippen LogP contribution in [0.2, 0.25) is 0 Å². The SMILES string of the molecule is Cc1noc2nc(-c3ccccc3)cc(C(=O)NCC(=O)N3CCCCC3)c12. The second-order valence-electron chi connectivity index (χ2n) is 6.99. The molecule has 7 nitrogen and oxygen atoms in total. The minimum absolute atomic E-state index is 0.0202. The molecule has 3 heterocycles. The number of hydrogen-bond acceptors (Lipinski definition) is 5. The van der Waals surface area contributed by atoms with Gasteiger partial charge in [0.1, 0.15) is 0 Å². The molecule has 0 spiro atoms.